The zero-order chi connectivity index (χ0) is 14.7. The molecule has 7 heteroatoms. The molecule has 1 aromatic rings. The molecule has 0 saturated carbocycles. The van der Waals surface area contributed by atoms with E-state index in [0.717, 1.165) is 6.07 Å². The third-order valence-corrected chi connectivity index (χ3v) is 2.92. The van der Waals surface area contributed by atoms with Gasteiger partial charge in [0.15, 0.2) is 11.6 Å². The minimum atomic E-state index is -1.20. The van der Waals surface area contributed by atoms with Crippen LogP contribution in [0.5, 0.6) is 0 Å². The van der Waals surface area contributed by atoms with Crippen molar-refractivity contribution in [3.8, 4) is 0 Å². The van der Waals surface area contributed by atoms with Gasteiger partial charge in [0.1, 0.15) is 11.4 Å². The first-order valence-corrected chi connectivity index (χ1v) is 6.52. The molecule has 0 atom stereocenters. The van der Waals surface area contributed by atoms with Crippen molar-refractivity contribution in [1.82, 2.24) is 4.98 Å². The van der Waals surface area contributed by atoms with Crippen LogP contribution in [0.2, 0.25) is 0 Å². The summed E-state index contributed by atoms with van der Waals surface area (Å²) in [7, 11) is 0. The molecule has 2 N–H and O–H groups in total. The lowest BCUT2D eigenvalue weighted by Crippen LogP contribution is -2.37. The second-order valence-corrected chi connectivity index (χ2v) is 4.89. The predicted molar refractivity (Wildman–Crippen MR) is 72.9 cm³/mol. The predicted octanol–water partition coefficient (Wildman–Crippen LogP) is 1.58. The van der Waals surface area contributed by atoms with E-state index in [4.69, 9.17) is 9.84 Å². The summed E-state index contributed by atoms with van der Waals surface area (Å²) in [6.07, 6.45) is 0. The Balaban J connectivity index is 2.39. The van der Waals surface area contributed by atoms with Crippen molar-refractivity contribution in [2.75, 3.05) is 36.5 Å². The Morgan fingerprint density at radius 3 is 2.70 bits per heavy atom. The fourth-order valence-electron chi connectivity index (χ4n) is 2.02. The molecule has 1 fully saturated rings. The number of morpholine rings is 1. The molecule has 1 aliphatic rings. The van der Waals surface area contributed by atoms with Gasteiger partial charge in [-0.3, -0.25) is 0 Å². The SMILES string of the molecule is CC(C)Nc1nc(N2CCOCC2)c(F)cc1C(=O)O. The Kier molecular flexibility index (Phi) is 4.39. The quantitative estimate of drug-likeness (QED) is 0.874. The average Bonchev–Trinajstić information content (AvgIpc) is 2.40. The second-order valence-electron chi connectivity index (χ2n) is 4.89. The standard InChI is InChI=1S/C13H18FN3O3/c1-8(2)15-11-9(13(18)19)7-10(14)12(16-11)17-3-5-20-6-4-17/h7-8H,3-6H2,1-2H3,(H,15,16)(H,18,19). The molecule has 0 amide bonds. The van der Waals surface area contributed by atoms with Gasteiger partial charge in [0, 0.05) is 19.1 Å². The molecule has 0 unspecified atom stereocenters. The van der Waals surface area contributed by atoms with Crippen molar-refractivity contribution in [2.45, 2.75) is 19.9 Å². The summed E-state index contributed by atoms with van der Waals surface area (Å²) in [6.45, 7) is 5.83. The number of carbonyl (C=O) groups is 1. The van der Waals surface area contributed by atoms with Gasteiger partial charge in [-0.2, -0.15) is 0 Å². The van der Waals surface area contributed by atoms with Gasteiger partial charge in [0.05, 0.1) is 13.2 Å². The first kappa shape index (κ1) is 14.5. The van der Waals surface area contributed by atoms with Gasteiger partial charge in [-0.05, 0) is 19.9 Å². The van der Waals surface area contributed by atoms with Crippen LogP contribution in [0.4, 0.5) is 16.0 Å². The molecule has 6 nitrogen and oxygen atoms in total. The molecule has 0 radical (unpaired) electrons. The number of carboxylic acids is 1. The van der Waals surface area contributed by atoms with Crippen LogP contribution in [0.1, 0.15) is 24.2 Å². The molecular formula is C13H18FN3O3. The van der Waals surface area contributed by atoms with Gasteiger partial charge in [0.25, 0.3) is 0 Å². The molecule has 1 aromatic heterocycles. The second kappa shape index (κ2) is 6.04. The number of pyridine rings is 1. The molecule has 110 valence electrons. The Morgan fingerprint density at radius 1 is 1.50 bits per heavy atom. The minimum Gasteiger partial charge on any atom is -0.478 e. The van der Waals surface area contributed by atoms with Gasteiger partial charge in [-0.1, -0.05) is 0 Å². The summed E-state index contributed by atoms with van der Waals surface area (Å²) in [5.74, 6) is -1.47. The van der Waals surface area contributed by atoms with Crippen LogP contribution in [0.3, 0.4) is 0 Å². The maximum Gasteiger partial charge on any atom is 0.339 e. The van der Waals surface area contributed by atoms with Crippen LogP contribution >= 0.6 is 0 Å². The van der Waals surface area contributed by atoms with Crippen molar-refractivity contribution in [2.24, 2.45) is 0 Å². The van der Waals surface area contributed by atoms with Gasteiger partial charge in [0.2, 0.25) is 0 Å². The number of rotatable bonds is 4. The highest BCUT2D eigenvalue weighted by Crippen LogP contribution is 2.24. The summed E-state index contributed by atoms with van der Waals surface area (Å²) in [5.41, 5.74) is -0.159. The summed E-state index contributed by atoms with van der Waals surface area (Å²) < 4.78 is 19.3. The van der Waals surface area contributed by atoms with Crippen molar-refractivity contribution < 1.29 is 19.0 Å². The van der Waals surface area contributed by atoms with Gasteiger partial charge < -0.3 is 20.1 Å². The van der Waals surface area contributed by atoms with Gasteiger partial charge >= 0.3 is 5.97 Å². The molecule has 0 spiro atoms. The van der Waals surface area contributed by atoms with E-state index in [-0.39, 0.29) is 23.2 Å². The van der Waals surface area contributed by atoms with Crippen LogP contribution in [0.15, 0.2) is 6.07 Å². The summed E-state index contributed by atoms with van der Waals surface area (Å²) in [6, 6.07) is 1.02. The smallest absolute Gasteiger partial charge is 0.339 e. The van der Waals surface area contributed by atoms with Crippen LogP contribution in [-0.4, -0.2) is 48.4 Å². The maximum atomic E-state index is 14.1. The number of aromatic carboxylic acids is 1. The fourth-order valence-corrected chi connectivity index (χ4v) is 2.02. The maximum absolute atomic E-state index is 14.1. The lowest BCUT2D eigenvalue weighted by atomic mass is 10.2. The zero-order valence-corrected chi connectivity index (χ0v) is 11.5. The lowest BCUT2D eigenvalue weighted by Gasteiger charge is -2.28. The van der Waals surface area contributed by atoms with Gasteiger partial charge in [-0.15, -0.1) is 0 Å². The topological polar surface area (TPSA) is 74.7 Å². The number of carboxylic acid groups (broad SMARTS) is 1. The average molecular weight is 283 g/mol. The lowest BCUT2D eigenvalue weighted by molar-refractivity contribution is 0.0697. The third kappa shape index (κ3) is 3.16. The van der Waals surface area contributed by atoms with E-state index in [0.29, 0.717) is 26.3 Å². The number of halogens is 1. The number of nitrogens with one attached hydrogen (secondary N) is 1. The van der Waals surface area contributed by atoms with Gasteiger partial charge in [-0.25, -0.2) is 14.2 Å². The third-order valence-electron chi connectivity index (χ3n) is 2.92. The number of ether oxygens (including phenoxy) is 1. The largest absolute Gasteiger partial charge is 0.478 e. The van der Waals surface area contributed by atoms with Crippen LogP contribution < -0.4 is 10.2 Å². The Bertz CT molecular complexity index is 502. The number of nitrogens with zero attached hydrogens (tertiary/aromatic N) is 2. The summed E-state index contributed by atoms with van der Waals surface area (Å²) >= 11 is 0. The zero-order valence-electron chi connectivity index (χ0n) is 11.5. The highest BCUT2D eigenvalue weighted by atomic mass is 19.1. The normalized spacial score (nSPS) is 15.5. The number of aromatic nitrogens is 1. The van der Waals surface area contributed by atoms with Crippen molar-refractivity contribution in [3.63, 3.8) is 0 Å². The monoisotopic (exact) mass is 283 g/mol. The van der Waals surface area contributed by atoms with Crippen LogP contribution in [0, 0.1) is 5.82 Å². The molecule has 1 aliphatic heterocycles. The minimum absolute atomic E-state index is 0.00333. The Hall–Kier alpha value is -1.89. The number of hydrogen-bond donors (Lipinski definition) is 2. The van der Waals surface area contributed by atoms with E-state index < -0.39 is 11.8 Å². The van der Waals surface area contributed by atoms with Crippen LogP contribution in [-0.2, 0) is 4.74 Å². The van der Waals surface area contributed by atoms with Crippen molar-refractivity contribution in [3.05, 3.63) is 17.4 Å². The van der Waals surface area contributed by atoms with E-state index >= 15 is 0 Å². The molecule has 0 bridgehead atoms. The first-order chi connectivity index (χ1) is 9.49. The number of hydrogen-bond acceptors (Lipinski definition) is 5. The molecule has 2 rings (SSSR count). The summed E-state index contributed by atoms with van der Waals surface area (Å²) in [4.78, 5) is 17.1. The molecule has 1 saturated heterocycles. The highest BCUT2D eigenvalue weighted by Gasteiger charge is 2.22. The van der Waals surface area contributed by atoms with E-state index in [1.807, 2.05) is 13.8 Å². The fraction of sp³-hybridized carbons (Fsp3) is 0.538. The van der Waals surface area contributed by atoms with Crippen molar-refractivity contribution >= 4 is 17.6 Å². The van der Waals surface area contributed by atoms with E-state index in [1.54, 1.807) is 4.90 Å². The first-order valence-electron chi connectivity index (χ1n) is 6.52. The molecular weight excluding hydrogens is 265 g/mol. The van der Waals surface area contributed by atoms with Crippen LogP contribution in [0.25, 0.3) is 0 Å². The highest BCUT2D eigenvalue weighted by molar-refractivity contribution is 5.93. The molecule has 0 aliphatic carbocycles. The molecule has 20 heavy (non-hydrogen) atoms. The number of anilines is 2. The van der Waals surface area contributed by atoms with Crippen molar-refractivity contribution in [1.29, 1.82) is 0 Å². The molecule has 2 heterocycles. The summed E-state index contributed by atoms with van der Waals surface area (Å²) in [5, 5.41) is 12.1. The Morgan fingerprint density at radius 2 is 2.15 bits per heavy atom. The van der Waals surface area contributed by atoms with E-state index in [2.05, 4.69) is 10.3 Å². The molecule has 0 aromatic carbocycles. The van der Waals surface area contributed by atoms with E-state index in [9.17, 15) is 9.18 Å². The van der Waals surface area contributed by atoms with E-state index in [1.165, 1.54) is 0 Å². The Labute approximate surface area is 116 Å².